The fraction of sp³-hybridized carbons (Fsp3) is 0.250. The molecule has 1 aromatic rings. The molecule has 0 saturated heterocycles. The summed E-state index contributed by atoms with van der Waals surface area (Å²) in [7, 11) is -3.56. The lowest BCUT2D eigenvalue weighted by molar-refractivity contribution is 0.326. The maximum atomic E-state index is 11.4. The van der Waals surface area contributed by atoms with E-state index < -0.39 is 17.3 Å². The van der Waals surface area contributed by atoms with Crippen molar-refractivity contribution in [1.29, 1.82) is 0 Å². The molecular weight excluding hydrogens is 231 g/mol. The van der Waals surface area contributed by atoms with Gasteiger partial charge in [0.05, 0.1) is 0 Å². The second-order valence-corrected chi connectivity index (χ2v) is 4.51. The highest BCUT2D eigenvalue weighted by Crippen LogP contribution is 2.06. The summed E-state index contributed by atoms with van der Waals surface area (Å²) in [6.07, 6.45) is -0.210. The smallest absolute Gasteiger partial charge is 0.426 e. The second-order valence-electron chi connectivity index (χ2n) is 3.01. The lowest BCUT2D eigenvalue weighted by Crippen LogP contribution is -2.39. The Hall–Kier alpha value is -1.09. The van der Waals surface area contributed by atoms with E-state index in [4.69, 9.17) is 5.02 Å². The quantitative estimate of drug-likeness (QED) is 0.594. The molecule has 0 aliphatic carbocycles. The average Bonchev–Trinajstić information content (AvgIpc) is 2.27. The molecule has 1 rings (SSSR count). The van der Waals surface area contributed by atoms with Crippen molar-refractivity contribution in [2.45, 2.75) is 0 Å². The first-order chi connectivity index (χ1) is 7.53. The van der Waals surface area contributed by atoms with Gasteiger partial charge in [0.25, 0.3) is 10.2 Å². The van der Waals surface area contributed by atoms with Crippen molar-refractivity contribution < 1.29 is 18.1 Å². The van der Waals surface area contributed by atoms with E-state index in [1.165, 1.54) is 7.11 Å². The first-order valence-corrected chi connectivity index (χ1v) is 6.05. The molecule has 0 aliphatic heterocycles. The number of hydrogen-bond donors (Lipinski definition) is 3. The predicted octanol–water partition coefficient (Wildman–Crippen LogP) is -0.401. The number of nitrogens with one attached hydrogen (secondary N) is 2. The summed E-state index contributed by atoms with van der Waals surface area (Å²) in [5.74, 6) is 0. The highest BCUT2D eigenvalue weighted by atomic mass is 32.2. The molecule has 0 atom stereocenters. The van der Waals surface area contributed by atoms with Gasteiger partial charge in [-0.25, -0.2) is 0 Å². The molecule has 3 N–H and O–H groups in total. The molecule has 6 nitrogen and oxygen atoms in total. The summed E-state index contributed by atoms with van der Waals surface area (Å²) in [5, 5.41) is 9.01. The molecular formula is C8H13BN2O4S. The normalized spacial score (nSPS) is 11.1. The van der Waals surface area contributed by atoms with Crippen LogP contribution in [0.1, 0.15) is 0 Å². The molecule has 0 spiro atoms. The van der Waals surface area contributed by atoms with Crippen LogP contribution in [-0.2, 0) is 14.9 Å². The molecule has 0 heterocycles. The fourth-order valence-electron chi connectivity index (χ4n) is 0.962. The Kier molecular flexibility index (Phi) is 4.75. The summed E-state index contributed by atoms with van der Waals surface area (Å²) in [6, 6.07) is 8.43. The molecule has 88 valence electrons. The van der Waals surface area contributed by atoms with Crippen LogP contribution in [0.25, 0.3) is 0 Å². The highest BCUT2D eigenvalue weighted by Gasteiger charge is 2.16. The largest absolute Gasteiger partial charge is 0.469 e. The first-order valence-electron chi connectivity index (χ1n) is 4.57. The lowest BCUT2D eigenvalue weighted by Gasteiger charge is -2.09. The summed E-state index contributed by atoms with van der Waals surface area (Å²) >= 11 is 0. The molecule has 0 aromatic heterocycles. The standard InChI is InChI=1S/C8H13BN2O4S/c1-15-9(12)7-10-16(13,14)11-8-5-3-2-4-6-8/h2-6,10-12H,7H2,1H3. The maximum absolute atomic E-state index is 11.4. The van der Waals surface area contributed by atoms with Gasteiger partial charge in [-0.2, -0.15) is 13.1 Å². The van der Waals surface area contributed by atoms with E-state index in [0.717, 1.165) is 0 Å². The van der Waals surface area contributed by atoms with Gasteiger partial charge in [0.1, 0.15) is 0 Å². The van der Waals surface area contributed by atoms with Crippen molar-refractivity contribution in [3.63, 3.8) is 0 Å². The Morgan fingerprint density at radius 3 is 2.56 bits per heavy atom. The van der Waals surface area contributed by atoms with Gasteiger partial charge in [-0.05, 0) is 12.1 Å². The molecule has 0 amide bonds. The average molecular weight is 244 g/mol. The van der Waals surface area contributed by atoms with E-state index in [1.807, 2.05) is 0 Å². The van der Waals surface area contributed by atoms with E-state index in [9.17, 15) is 8.42 Å². The zero-order valence-electron chi connectivity index (χ0n) is 8.75. The van der Waals surface area contributed by atoms with E-state index >= 15 is 0 Å². The van der Waals surface area contributed by atoms with Crippen LogP contribution in [0.3, 0.4) is 0 Å². The van der Waals surface area contributed by atoms with Gasteiger partial charge in [-0.3, -0.25) is 4.72 Å². The van der Waals surface area contributed by atoms with Gasteiger partial charge in [-0.15, -0.1) is 0 Å². The molecule has 0 bridgehead atoms. The van der Waals surface area contributed by atoms with Crippen molar-refractivity contribution in [1.82, 2.24) is 4.72 Å². The number of anilines is 1. The molecule has 8 heteroatoms. The minimum absolute atomic E-state index is 0.210. The van der Waals surface area contributed by atoms with Gasteiger partial charge < -0.3 is 9.68 Å². The van der Waals surface area contributed by atoms with Gasteiger partial charge in [-0.1, -0.05) is 18.2 Å². The van der Waals surface area contributed by atoms with Crippen LogP contribution >= 0.6 is 0 Å². The summed E-state index contributed by atoms with van der Waals surface area (Å²) < 4.78 is 31.8. The van der Waals surface area contributed by atoms with Crippen LogP contribution in [0.5, 0.6) is 0 Å². The zero-order chi connectivity index (χ0) is 12.0. The Morgan fingerprint density at radius 2 is 2.00 bits per heavy atom. The first kappa shape index (κ1) is 13.0. The third-order valence-electron chi connectivity index (χ3n) is 1.75. The van der Waals surface area contributed by atoms with Gasteiger partial charge in [0.15, 0.2) is 0 Å². The molecule has 0 saturated carbocycles. The Labute approximate surface area is 95.0 Å². The maximum Gasteiger partial charge on any atom is 0.469 e. The Balaban J connectivity index is 2.53. The third-order valence-corrected chi connectivity index (χ3v) is 2.80. The third kappa shape index (κ3) is 4.62. The van der Waals surface area contributed by atoms with Crippen LogP contribution in [0.2, 0.25) is 0 Å². The minimum Gasteiger partial charge on any atom is -0.426 e. The number of para-hydroxylation sites is 1. The van der Waals surface area contributed by atoms with E-state index in [1.54, 1.807) is 30.3 Å². The molecule has 0 fully saturated rings. The fourth-order valence-corrected chi connectivity index (χ4v) is 1.84. The molecule has 0 unspecified atom stereocenters. The number of rotatable bonds is 6. The molecule has 0 aliphatic rings. The minimum atomic E-state index is -3.68. The van der Waals surface area contributed by atoms with Crippen molar-refractivity contribution in [2.75, 3.05) is 18.3 Å². The zero-order valence-corrected chi connectivity index (χ0v) is 9.57. The number of hydrogen-bond acceptors (Lipinski definition) is 4. The van der Waals surface area contributed by atoms with Gasteiger partial charge >= 0.3 is 7.12 Å². The number of benzene rings is 1. The summed E-state index contributed by atoms with van der Waals surface area (Å²) in [5.41, 5.74) is 0.446. The molecule has 16 heavy (non-hydrogen) atoms. The van der Waals surface area contributed by atoms with Crippen molar-refractivity contribution >= 4 is 23.0 Å². The second kappa shape index (κ2) is 5.85. The summed E-state index contributed by atoms with van der Waals surface area (Å²) in [6.45, 7) is 0. The van der Waals surface area contributed by atoms with Gasteiger partial charge in [0, 0.05) is 19.2 Å². The molecule has 0 radical (unpaired) electrons. The van der Waals surface area contributed by atoms with Crippen LogP contribution in [0.4, 0.5) is 5.69 Å². The topological polar surface area (TPSA) is 87.7 Å². The van der Waals surface area contributed by atoms with Crippen LogP contribution in [0, 0.1) is 0 Å². The molecule has 1 aromatic carbocycles. The monoisotopic (exact) mass is 244 g/mol. The van der Waals surface area contributed by atoms with Crippen LogP contribution in [-0.4, -0.2) is 34.1 Å². The SMILES string of the molecule is COB(O)CNS(=O)(=O)Nc1ccccc1. The summed E-state index contributed by atoms with van der Waals surface area (Å²) in [4.78, 5) is 0. The van der Waals surface area contributed by atoms with Crippen LogP contribution in [0.15, 0.2) is 30.3 Å². The van der Waals surface area contributed by atoms with Crippen molar-refractivity contribution in [3.8, 4) is 0 Å². The van der Waals surface area contributed by atoms with E-state index in [2.05, 4.69) is 14.1 Å². The van der Waals surface area contributed by atoms with E-state index in [0.29, 0.717) is 5.69 Å². The van der Waals surface area contributed by atoms with Crippen LogP contribution < -0.4 is 9.44 Å². The Bertz CT molecular complexity index is 411. The highest BCUT2D eigenvalue weighted by molar-refractivity contribution is 7.90. The van der Waals surface area contributed by atoms with Crippen molar-refractivity contribution in [3.05, 3.63) is 30.3 Å². The lowest BCUT2D eigenvalue weighted by atomic mass is 9.93. The predicted molar refractivity (Wildman–Crippen MR) is 62.0 cm³/mol. The van der Waals surface area contributed by atoms with Crippen molar-refractivity contribution in [2.24, 2.45) is 0 Å². The Morgan fingerprint density at radius 1 is 1.38 bits per heavy atom. The van der Waals surface area contributed by atoms with Gasteiger partial charge in [0.2, 0.25) is 0 Å². The van der Waals surface area contributed by atoms with E-state index in [-0.39, 0.29) is 6.44 Å².